The first kappa shape index (κ1) is 15.2. The minimum absolute atomic E-state index is 0.136. The summed E-state index contributed by atoms with van der Waals surface area (Å²) in [6, 6.07) is 6.26. The molecule has 0 unspecified atom stereocenters. The number of pyridine rings is 1. The quantitative estimate of drug-likeness (QED) is 0.828. The predicted molar refractivity (Wildman–Crippen MR) is 84.8 cm³/mol. The van der Waals surface area contributed by atoms with Gasteiger partial charge in [0.25, 0.3) is 5.56 Å². The highest BCUT2D eigenvalue weighted by molar-refractivity contribution is 9.10. The number of nitrogen functional groups attached to an aromatic ring is 1. The zero-order valence-corrected chi connectivity index (χ0v) is 13.4. The third-order valence-corrected chi connectivity index (χ3v) is 4.06. The highest BCUT2D eigenvalue weighted by atomic mass is 79.9. The second kappa shape index (κ2) is 6.52. The maximum absolute atomic E-state index is 11.6. The van der Waals surface area contributed by atoms with Crippen LogP contribution in [0.3, 0.4) is 0 Å². The average molecular weight is 378 g/mol. The molecule has 0 aliphatic carbocycles. The van der Waals surface area contributed by atoms with Crippen LogP contribution in [0.4, 0.5) is 5.69 Å². The molecule has 0 saturated carbocycles. The van der Waals surface area contributed by atoms with E-state index in [1.807, 2.05) is 0 Å². The third kappa shape index (κ3) is 3.69. The molecule has 0 spiro atoms. The number of rotatable bonds is 4. The summed E-state index contributed by atoms with van der Waals surface area (Å²) in [5, 5.41) is 0.951. The van der Waals surface area contributed by atoms with Crippen molar-refractivity contribution in [3.63, 3.8) is 0 Å². The topological polar surface area (TPSA) is 57.2 Å². The number of hydrogen-bond donors (Lipinski definition) is 1. The lowest BCUT2D eigenvalue weighted by atomic mass is 10.3. The van der Waals surface area contributed by atoms with Crippen LogP contribution < -0.4 is 16.0 Å². The van der Waals surface area contributed by atoms with Gasteiger partial charge >= 0.3 is 0 Å². The Bertz CT molecular complexity index is 689. The number of hydrogen-bond acceptors (Lipinski definition) is 3. The van der Waals surface area contributed by atoms with Gasteiger partial charge in [0.2, 0.25) is 0 Å². The third-order valence-electron chi connectivity index (χ3n) is 2.57. The van der Waals surface area contributed by atoms with Gasteiger partial charge in [0.05, 0.1) is 16.6 Å². The van der Waals surface area contributed by atoms with Crippen molar-refractivity contribution in [1.29, 1.82) is 0 Å². The molecule has 7 heteroatoms. The number of nitrogens with zero attached hydrogens (tertiary/aromatic N) is 1. The summed E-state index contributed by atoms with van der Waals surface area (Å²) in [7, 11) is 0. The smallest absolute Gasteiger partial charge is 0.250 e. The summed E-state index contributed by atoms with van der Waals surface area (Å²) in [5.41, 5.74) is 6.01. The minimum atomic E-state index is -0.136. The number of halogens is 3. The van der Waals surface area contributed by atoms with Gasteiger partial charge in [-0.05, 0) is 28.1 Å². The second-order valence-corrected chi connectivity index (χ2v) is 5.71. The monoisotopic (exact) mass is 376 g/mol. The zero-order chi connectivity index (χ0) is 14.7. The summed E-state index contributed by atoms with van der Waals surface area (Å²) >= 11 is 15.3. The Morgan fingerprint density at radius 3 is 2.75 bits per heavy atom. The van der Waals surface area contributed by atoms with Crippen molar-refractivity contribution < 1.29 is 4.74 Å². The Labute approximate surface area is 134 Å². The van der Waals surface area contributed by atoms with E-state index in [1.54, 1.807) is 24.4 Å². The minimum Gasteiger partial charge on any atom is -0.490 e. The van der Waals surface area contributed by atoms with Gasteiger partial charge in [0, 0.05) is 28.5 Å². The van der Waals surface area contributed by atoms with E-state index in [0.29, 0.717) is 32.5 Å². The molecule has 0 atom stereocenters. The largest absolute Gasteiger partial charge is 0.490 e. The lowest BCUT2D eigenvalue weighted by Gasteiger charge is -2.11. The number of nitrogens with two attached hydrogens (primary N) is 1. The Balaban J connectivity index is 2.05. The van der Waals surface area contributed by atoms with Crippen LogP contribution in [-0.2, 0) is 6.54 Å². The van der Waals surface area contributed by atoms with Gasteiger partial charge in [0.15, 0.2) is 0 Å². The van der Waals surface area contributed by atoms with Gasteiger partial charge in [-0.15, -0.1) is 0 Å². The van der Waals surface area contributed by atoms with Crippen molar-refractivity contribution in [1.82, 2.24) is 4.57 Å². The van der Waals surface area contributed by atoms with Crippen molar-refractivity contribution >= 4 is 44.8 Å². The number of aromatic nitrogens is 1. The molecule has 20 heavy (non-hydrogen) atoms. The summed E-state index contributed by atoms with van der Waals surface area (Å²) in [6.45, 7) is 0.648. The van der Waals surface area contributed by atoms with Crippen LogP contribution >= 0.6 is 39.1 Å². The van der Waals surface area contributed by atoms with Gasteiger partial charge in [-0.2, -0.15) is 0 Å². The Morgan fingerprint density at radius 1 is 1.25 bits per heavy atom. The van der Waals surface area contributed by atoms with Crippen molar-refractivity contribution in [2.24, 2.45) is 0 Å². The lowest BCUT2D eigenvalue weighted by Crippen LogP contribution is -2.22. The normalized spacial score (nSPS) is 10.6. The van der Waals surface area contributed by atoms with Crippen molar-refractivity contribution in [2.45, 2.75) is 6.54 Å². The van der Waals surface area contributed by atoms with Crippen LogP contribution in [-0.4, -0.2) is 11.2 Å². The highest BCUT2D eigenvalue weighted by Gasteiger charge is 2.07. The van der Waals surface area contributed by atoms with Crippen LogP contribution in [0.5, 0.6) is 5.75 Å². The Kier molecular flexibility index (Phi) is 4.96. The molecule has 4 nitrogen and oxygen atoms in total. The SMILES string of the molecule is Nc1ccc(=O)n(CCOc2cc(Cl)c(Br)cc2Cl)c1. The van der Waals surface area contributed by atoms with Gasteiger partial charge < -0.3 is 15.0 Å². The molecule has 1 aromatic carbocycles. The fourth-order valence-electron chi connectivity index (χ4n) is 1.59. The van der Waals surface area contributed by atoms with E-state index in [2.05, 4.69) is 15.9 Å². The predicted octanol–water partition coefficient (Wildman–Crippen LogP) is 3.58. The maximum Gasteiger partial charge on any atom is 0.250 e. The van der Waals surface area contributed by atoms with Gasteiger partial charge in [-0.3, -0.25) is 4.79 Å². The molecule has 0 amide bonds. The molecule has 0 bridgehead atoms. The first-order chi connectivity index (χ1) is 9.47. The van der Waals surface area contributed by atoms with Crippen molar-refractivity contribution in [3.8, 4) is 5.75 Å². The fraction of sp³-hybridized carbons (Fsp3) is 0.154. The average Bonchev–Trinajstić information content (AvgIpc) is 2.39. The zero-order valence-electron chi connectivity index (χ0n) is 10.3. The van der Waals surface area contributed by atoms with E-state index in [-0.39, 0.29) is 12.2 Å². The van der Waals surface area contributed by atoms with Gasteiger partial charge in [0.1, 0.15) is 12.4 Å². The van der Waals surface area contributed by atoms with E-state index in [4.69, 9.17) is 33.7 Å². The second-order valence-electron chi connectivity index (χ2n) is 4.04. The summed E-state index contributed by atoms with van der Waals surface area (Å²) in [4.78, 5) is 11.6. The van der Waals surface area contributed by atoms with E-state index < -0.39 is 0 Å². The van der Waals surface area contributed by atoms with Crippen molar-refractivity contribution in [2.75, 3.05) is 12.3 Å². The lowest BCUT2D eigenvalue weighted by molar-refractivity contribution is 0.296. The molecular formula is C13H11BrCl2N2O2. The van der Waals surface area contributed by atoms with E-state index >= 15 is 0 Å². The highest BCUT2D eigenvalue weighted by Crippen LogP contribution is 2.33. The Morgan fingerprint density at radius 2 is 2.00 bits per heavy atom. The Hall–Kier alpha value is -1.17. The maximum atomic E-state index is 11.6. The van der Waals surface area contributed by atoms with E-state index in [1.165, 1.54) is 10.6 Å². The molecule has 1 heterocycles. The first-order valence-corrected chi connectivity index (χ1v) is 7.25. The van der Waals surface area contributed by atoms with Crippen LogP contribution in [0.15, 0.2) is 39.7 Å². The number of anilines is 1. The van der Waals surface area contributed by atoms with E-state index in [0.717, 1.165) is 0 Å². The van der Waals surface area contributed by atoms with Gasteiger partial charge in [-0.25, -0.2) is 0 Å². The molecule has 1 aromatic heterocycles. The molecule has 2 N–H and O–H groups in total. The molecular weight excluding hydrogens is 367 g/mol. The number of benzene rings is 1. The van der Waals surface area contributed by atoms with E-state index in [9.17, 15) is 4.79 Å². The molecule has 0 radical (unpaired) electrons. The standard InChI is InChI=1S/C13H11BrCl2N2O2/c14-9-5-11(16)12(6-10(9)15)20-4-3-18-7-8(17)1-2-13(18)19/h1-2,5-7H,3-4,17H2. The summed E-state index contributed by atoms with van der Waals surface area (Å²) in [6.07, 6.45) is 1.57. The number of ether oxygens (including phenoxy) is 1. The van der Waals surface area contributed by atoms with Crippen LogP contribution in [0.2, 0.25) is 10.0 Å². The molecule has 0 fully saturated rings. The molecule has 0 saturated heterocycles. The fourth-order valence-corrected chi connectivity index (χ4v) is 2.44. The molecule has 2 rings (SSSR count). The van der Waals surface area contributed by atoms with Crippen LogP contribution in [0, 0.1) is 0 Å². The van der Waals surface area contributed by atoms with Crippen LogP contribution in [0.25, 0.3) is 0 Å². The summed E-state index contributed by atoms with van der Waals surface area (Å²) < 4.78 is 7.71. The first-order valence-electron chi connectivity index (χ1n) is 5.70. The van der Waals surface area contributed by atoms with Gasteiger partial charge in [-0.1, -0.05) is 23.2 Å². The molecule has 0 aliphatic rings. The summed E-state index contributed by atoms with van der Waals surface area (Å²) in [5.74, 6) is 0.469. The molecule has 0 aliphatic heterocycles. The molecule has 106 valence electrons. The molecule has 2 aromatic rings. The van der Waals surface area contributed by atoms with Crippen LogP contribution in [0.1, 0.15) is 0 Å². The van der Waals surface area contributed by atoms with Crippen molar-refractivity contribution in [3.05, 3.63) is 55.3 Å².